The van der Waals surface area contributed by atoms with Gasteiger partial charge in [0.1, 0.15) is 6.04 Å². The van der Waals surface area contributed by atoms with Crippen LogP contribution < -0.4 is 10.8 Å². The largest absolute Gasteiger partial charge is 0.340 e. The Morgan fingerprint density at radius 3 is 2.40 bits per heavy atom. The van der Waals surface area contributed by atoms with Gasteiger partial charge in [-0.05, 0) is 30.5 Å². The van der Waals surface area contributed by atoms with Gasteiger partial charge in [0, 0.05) is 5.56 Å². The summed E-state index contributed by atoms with van der Waals surface area (Å²) in [5, 5.41) is 2.78. The average molecular weight is 340 g/mol. The van der Waals surface area contributed by atoms with Crippen LogP contribution in [-0.2, 0) is 16.2 Å². The fraction of sp³-hybridized carbons (Fsp3) is 0.300. The third-order valence-corrected chi connectivity index (χ3v) is 3.77. The molecule has 5 heteroatoms. The Bertz CT molecular complexity index is 714. The first-order valence-corrected chi connectivity index (χ1v) is 8.30. The molecule has 0 saturated heterocycles. The fourth-order valence-corrected chi connectivity index (χ4v) is 2.37. The summed E-state index contributed by atoms with van der Waals surface area (Å²) in [6.45, 7) is 5.93. The molecular weight excluding hydrogens is 316 g/mol. The number of rotatable bonds is 7. The standard InChI is InChI=1S/C20H24N2O3/c1-14(2)18(21-19(23)17-11-7-8-15(3)12-17)20(24)22-25-13-16-9-5-4-6-10-16/h4-12,14,18H,13H2,1-3H3,(H,21,23)(H,22,24)/t18-/m0/s1. The highest BCUT2D eigenvalue weighted by Gasteiger charge is 2.25. The zero-order valence-electron chi connectivity index (χ0n) is 14.8. The highest BCUT2D eigenvalue weighted by atomic mass is 16.6. The summed E-state index contributed by atoms with van der Waals surface area (Å²) < 4.78 is 0. The quantitative estimate of drug-likeness (QED) is 0.762. The van der Waals surface area contributed by atoms with Crippen LogP contribution in [0.25, 0.3) is 0 Å². The number of hydrogen-bond acceptors (Lipinski definition) is 3. The van der Waals surface area contributed by atoms with Gasteiger partial charge in [0.15, 0.2) is 0 Å². The highest BCUT2D eigenvalue weighted by molar-refractivity contribution is 5.97. The van der Waals surface area contributed by atoms with Crippen molar-refractivity contribution in [1.82, 2.24) is 10.8 Å². The van der Waals surface area contributed by atoms with Crippen molar-refractivity contribution in [1.29, 1.82) is 0 Å². The van der Waals surface area contributed by atoms with E-state index in [1.807, 2.05) is 63.2 Å². The molecule has 132 valence electrons. The SMILES string of the molecule is Cc1cccc(C(=O)N[C@H](C(=O)NOCc2ccccc2)C(C)C)c1. The molecule has 0 spiro atoms. The second kappa shape index (κ2) is 8.99. The van der Waals surface area contributed by atoms with Gasteiger partial charge in [-0.1, -0.05) is 61.9 Å². The van der Waals surface area contributed by atoms with E-state index in [0.29, 0.717) is 5.56 Å². The van der Waals surface area contributed by atoms with Crippen molar-refractivity contribution in [2.24, 2.45) is 5.92 Å². The molecular formula is C20H24N2O3. The number of benzene rings is 2. The number of hydrogen-bond donors (Lipinski definition) is 2. The van der Waals surface area contributed by atoms with Gasteiger partial charge in [0.25, 0.3) is 11.8 Å². The highest BCUT2D eigenvalue weighted by Crippen LogP contribution is 2.08. The summed E-state index contributed by atoms with van der Waals surface area (Å²) in [4.78, 5) is 30.0. The van der Waals surface area contributed by atoms with Crippen molar-refractivity contribution in [2.75, 3.05) is 0 Å². The first-order chi connectivity index (χ1) is 12.0. The zero-order chi connectivity index (χ0) is 18.2. The number of nitrogens with one attached hydrogen (secondary N) is 2. The van der Waals surface area contributed by atoms with Crippen molar-refractivity contribution in [3.63, 3.8) is 0 Å². The Morgan fingerprint density at radius 2 is 1.76 bits per heavy atom. The van der Waals surface area contributed by atoms with Gasteiger partial charge in [0.05, 0.1) is 6.61 Å². The fourth-order valence-electron chi connectivity index (χ4n) is 2.37. The summed E-state index contributed by atoms with van der Waals surface area (Å²) in [5.41, 5.74) is 4.90. The Labute approximate surface area is 148 Å². The molecule has 0 aliphatic carbocycles. The summed E-state index contributed by atoms with van der Waals surface area (Å²) in [6, 6.07) is 16.1. The maximum absolute atomic E-state index is 12.4. The van der Waals surface area contributed by atoms with Crippen molar-refractivity contribution in [3.8, 4) is 0 Å². The summed E-state index contributed by atoms with van der Waals surface area (Å²) >= 11 is 0. The van der Waals surface area contributed by atoms with Gasteiger partial charge in [-0.3, -0.25) is 14.4 Å². The molecule has 2 N–H and O–H groups in total. The molecule has 0 saturated carbocycles. The maximum Gasteiger partial charge on any atom is 0.266 e. The molecule has 2 amide bonds. The van der Waals surface area contributed by atoms with E-state index in [0.717, 1.165) is 11.1 Å². The predicted molar refractivity (Wildman–Crippen MR) is 96.6 cm³/mol. The number of hydroxylamine groups is 1. The molecule has 0 aliphatic heterocycles. The van der Waals surface area contributed by atoms with E-state index >= 15 is 0 Å². The van der Waals surface area contributed by atoms with Crippen molar-refractivity contribution in [3.05, 3.63) is 71.3 Å². The van der Waals surface area contributed by atoms with E-state index in [-0.39, 0.29) is 24.3 Å². The molecule has 5 nitrogen and oxygen atoms in total. The van der Waals surface area contributed by atoms with Crippen LogP contribution in [0.5, 0.6) is 0 Å². The molecule has 25 heavy (non-hydrogen) atoms. The number of carbonyl (C=O) groups excluding carboxylic acids is 2. The molecule has 2 aromatic rings. The lowest BCUT2D eigenvalue weighted by Gasteiger charge is -2.21. The third-order valence-electron chi connectivity index (χ3n) is 3.77. The van der Waals surface area contributed by atoms with E-state index in [9.17, 15) is 9.59 Å². The minimum Gasteiger partial charge on any atom is -0.340 e. The molecule has 0 fully saturated rings. The smallest absolute Gasteiger partial charge is 0.266 e. The van der Waals surface area contributed by atoms with Crippen LogP contribution in [0.3, 0.4) is 0 Å². The van der Waals surface area contributed by atoms with Crippen LogP contribution in [-0.4, -0.2) is 17.9 Å². The second-order valence-corrected chi connectivity index (χ2v) is 6.31. The lowest BCUT2D eigenvalue weighted by atomic mass is 10.0. The van der Waals surface area contributed by atoms with Crippen LogP contribution in [0.15, 0.2) is 54.6 Å². The van der Waals surface area contributed by atoms with Gasteiger partial charge in [0.2, 0.25) is 0 Å². The van der Waals surface area contributed by atoms with Crippen LogP contribution in [0, 0.1) is 12.8 Å². The molecule has 0 aliphatic rings. The average Bonchev–Trinajstić information content (AvgIpc) is 2.60. The second-order valence-electron chi connectivity index (χ2n) is 6.31. The third kappa shape index (κ3) is 5.72. The molecule has 0 bridgehead atoms. The van der Waals surface area contributed by atoms with E-state index < -0.39 is 6.04 Å². The lowest BCUT2D eigenvalue weighted by Crippen LogP contribution is -2.49. The van der Waals surface area contributed by atoms with E-state index in [1.165, 1.54) is 0 Å². The monoisotopic (exact) mass is 340 g/mol. The van der Waals surface area contributed by atoms with Crippen molar-refractivity contribution >= 4 is 11.8 Å². The van der Waals surface area contributed by atoms with Crippen LogP contribution in [0.4, 0.5) is 0 Å². The number of aryl methyl sites for hydroxylation is 1. The van der Waals surface area contributed by atoms with Gasteiger partial charge in [-0.2, -0.15) is 0 Å². The number of carbonyl (C=O) groups is 2. The Kier molecular flexibility index (Phi) is 6.71. The van der Waals surface area contributed by atoms with E-state index in [1.54, 1.807) is 12.1 Å². The molecule has 1 atom stereocenters. The first-order valence-electron chi connectivity index (χ1n) is 8.30. The van der Waals surface area contributed by atoms with Crippen molar-refractivity contribution < 1.29 is 14.4 Å². The van der Waals surface area contributed by atoms with Gasteiger partial charge < -0.3 is 5.32 Å². The molecule has 0 heterocycles. The number of amides is 2. The molecule has 2 aromatic carbocycles. The van der Waals surface area contributed by atoms with Gasteiger partial charge in [-0.15, -0.1) is 0 Å². The van der Waals surface area contributed by atoms with E-state index in [2.05, 4.69) is 10.8 Å². The van der Waals surface area contributed by atoms with Crippen LogP contribution in [0.1, 0.15) is 35.3 Å². The molecule has 0 radical (unpaired) electrons. The van der Waals surface area contributed by atoms with Crippen LogP contribution >= 0.6 is 0 Å². The van der Waals surface area contributed by atoms with Gasteiger partial charge >= 0.3 is 0 Å². The molecule has 0 aromatic heterocycles. The Balaban J connectivity index is 1.92. The normalized spacial score (nSPS) is 11.8. The summed E-state index contributed by atoms with van der Waals surface area (Å²) in [7, 11) is 0. The lowest BCUT2D eigenvalue weighted by molar-refractivity contribution is -0.137. The van der Waals surface area contributed by atoms with Gasteiger partial charge in [-0.25, -0.2) is 5.48 Å². The molecule has 2 rings (SSSR count). The minimum absolute atomic E-state index is 0.0749. The Hall–Kier alpha value is -2.66. The molecule has 0 unspecified atom stereocenters. The first kappa shape index (κ1) is 18.7. The van der Waals surface area contributed by atoms with E-state index in [4.69, 9.17) is 4.84 Å². The maximum atomic E-state index is 12.4. The van der Waals surface area contributed by atoms with Crippen molar-refractivity contribution in [2.45, 2.75) is 33.4 Å². The Morgan fingerprint density at radius 1 is 1.04 bits per heavy atom. The zero-order valence-corrected chi connectivity index (χ0v) is 14.8. The predicted octanol–water partition coefficient (Wildman–Crippen LogP) is 3.00. The summed E-state index contributed by atoms with van der Waals surface area (Å²) in [6.07, 6.45) is 0. The summed E-state index contributed by atoms with van der Waals surface area (Å²) in [5.74, 6) is -0.721. The topological polar surface area (TPSA) is 67.4 Å². The minimum atomic E-state index is -0.677. The van der Waals surface area contributed by atoms with Crippen LogP contribution in [0.2, 0.25) is 0 Å².